The van der Waals surface area contributed by atoms with Crippen LogP contribution in [-0.4, -0.2) is 18.2 Å². The molecule has 17 heavy (non-hydrogen) atoms. The fraction of sp³-hybridized carbons (Fsp3) is 0.571. The van der Waals surface area contributed by atoms with Gasteiger partial charge in [-0.05, 0) is 25.8 Å². The van der Waals surface area contributed by atoms with Crippen LogP contribution in [0.4, 0.5) is 10.1 Å². The predicted molar refractivity (Wildman–Crippen MR) is 67.7 cm³/mol. The predicted octanol–water partition coefficient (Wildman–Crippen LogP) is 3.26. The Labute approximate surface area is 102 Å². The lowest BCUT2D eigenvalue weighted by atomic mass is 10.1. The summed E-state index contributed by atoms with van der Waals surface area (Å²) >= 11 is 0. The zero-order valence-electron chi connectivity index (χ0n) is 10.3. The number of hydrogen-bond donors (Lipinski definition) is 1. The van der Waals surface area contributed by atoms with E-state index in [2.05, 4.69) is 4.90 Å². The fourth-order valence-corrected chi connectivity index (χ4v) is 2.50. The highest BCUT2D eigenvalue weighted by Crippen LogP contribution is 2.30. The second kappa shape index (κ2) is 5.50. The number of aliphatic hydroxyl groups is 1. The molecule has 0 aromatic heterocycles. The van der Waals surface area contributed by atoms with E-state index in [9.17, 15) is 9.50 Å². The normalized spacial score (nSPS) is 18.9. The summed E-state index contributed by atoms with van der Waals surface area (Å²) < 4.78 is 14.0. The Bertz CT molecular complexity index is 370. The van der Waals surface area contributed by atoms with Gasteiger partial charge in [-0.1, -0.05) is 25.0 Å². The van der Waals surface area contributed by atoms with Crippen molar-refractivity contribution in [3.05, 3.63) is 29.6 Å². The average molecular weight is 237 g/mol. The number of anilines is 1. The van der Waals surface area contributed by atoms with Gasteiger partial charge in [-0.2, -0.15) is 0 Å². The number of nitrogens with zero attached hydrogens (tertiary/aromatic N) is 1. The minimum atomic E-state index is -0.621. The molecule has 0 bridgehead atoms. The lowest BCUT2D eigenvalue weighted by Gasteiger charge is -2.26. The van der Waals surface area contributed by atoms with E-state index in [-0.39, 0.29) is 5.82 Å². The molecule has 1 heterocycles. The van der Waals surface area contributed by atoms with E-state index in [0.717, 1.165) is 25.9 Å². The molecule has 94 valence electrons. The highest BCUT2D eigenvalue weighted by atomic mass is 19.1. The minimum Gasteiger partial charge on any atom is -0.389 e. The molecule has 1 aliphatic rings. The molecule has 1 fully saturated rings. The van der Waals surface area contributed by atoms with Crippen LogP contribution < -0.4 is 4.90 Å². The van der Waals surface area contributed by atoms with Crippen LogP contribution in [0.3, 0.4) is 0 Å². The van der Waals surface area contributed by atoms with Crippen molar-refractivity contribution in [2.24, 2.45) is 0 Å². The molecule has 0 unspecified atom stereocenters. The Hall–Kier alpha value is -1.09. The largest absolute Gasteiger partial charge is 0.389 e. The van der Waals surface area contributed by atoms with Gasteiger partial charge in [-0.3, -0.25) is 0 Å². The van der Waals surface area contributed by atoms with Gasteiger partial charge in [0, 0.05) is 18.7 Å². The Morgan fingerprint density at radius 1 is 1.18 bits per heavy atom. The number of aliphatic hydroxyl groups excluding tert-OH is 1. The van der Waals surface area contributed by atoms with Crippen LogP contribution in [0.15, 0.2) is 18.2 Å². The molecule has 1 aliphatic heterocycles. The SMILES string of the molecule is C[C@H](O)c1cccc(F)c1N1CCCCCC1. The first kappa shape index (κ1) is 12.4. The standard InChI is InChI=1S/C14H20FNO/c1-11(17)12-7-6-8-13(15)14(12)16-9-4-2-3-5-10-16/h6-8,11,17H,2-5,9-10H2,1H3/t11-/m0/s1. The summed E-state index contributed by atoms with van der Waals surface area (Å²) in [5.74, 6) is -0.217. The van der Waals surface area contributed by atoms with Crippen molar-refractivity contribution in [1.82, 2.24) is 0 Å². The summed E-state index contributed by atoms with van der Waals surface area (Å²) in [5, 5.41) is 9.74. The molecule has 1 aromatic rings. The third-order valence-electron chi connectivity index (χ3n) is 3.39. The summed E-state index contributed by atoms with van der Waals surface area (Å²) in [4.78, 5) is 2.09. The van der Waals surface area contributed by atoms with E-state index in [1.54, 1.807) is 13.0 Å². The summed E-state index contributed by atoms with van der Waals surface area (Å²) in [6.45, 7) is 3.47. The third-order valence-corrected chi connectivity index (χ3v) is 3.39. The molecule has 0 aliphatic carbocycles. The van der Waals surface area contributed by atoms with E-state index in [1.807, 2.05) is 6.07 Å². The van der Waals surface area contributed by atoms with Gasteiger partial charge in [0.2, 0.25) is 0 Å². The van der Waals surface area contributed by atoms with E-state index >= 15 is 0 Å². The first-order valence-corrected chi connectivity index (χ1v) is 6.41. The first-order valence-electron chi connectivity index (χ1n) is 6.41. The van der Waals surface area contributed by atoms with Gasteiger partial charge < -0.3 is 10.0 Å². The lowest BCUT2D eigenvalue weighted by molar-refractivity contribution is 0.199. The first-order chi connectivity index (χ1) is 8.20. The fourth-order valence-electron chi connectivity index (χ4n) is 2.50. The highest BCUT2D eigenvalue weighted by Gasteiger charge is 2.19. The molecule has 2 nitrogen and oxygen atoms in total. The second-order valence-corrected chi connectivity index (χ2v) is 4.75. The molecule has 0 amide bonds. The lowest BCUT2D eigenvalue weighted by Crippen LogP contribution is -2.26. The van der Waals surface area contributed by atoms with Gasteiger partial charge >= 0.3 is 0 Å². The Morgan fingerprint density at radius 3 is 2.41 bits per heavy atom. The van der Waals surface area contributed by atoms with Crippen LogP contribution in [0.5, 0.6) is 0 Å². The zero-order valence-corrected chi connectivity index (χ0v) is 10.3. The van der Waals surface area contributed by atoms with Gasteiger partial charge in [-0.25, -0.2) is 4.39 Å². The van der Waals surface area contributed by atoms with Crippen LogP contribution in [0, 0.1) is 5.82 Å². The van der Waals surface area contributed by atoms with Gasteiger partial charge in [0.05, 0.1) is 11.8 Å². The molecular formula is C14H20FNO. The van der Waals surface area contributed by atoms with Crippen molar-refractivity contribution >= 4 is 5.69 Å². The molecule has 1 aromatic carbocycles. The maximum absolute atomic E-state index is 14.0. The van der Waals surface area contributed by atoms with Crippen molar-refractivity contribution in [1.29, 1.82) is 0 Å². The summed E-state index contributed by atoms with van der Waals surface area (Å²) in [6.07, 6.45) is 4.02. The van der Waals surface area contributed by atoms with Crippen LogP contribution in [0.25, 0.3) is 0 Å². The van der Waals surface area contributed by atoms with E-state index < -0.39 is 6.10 Å². The molecule has 2 rings (SSSR count). The van der Waals surface area contributed by atoms with Crippen molar-refractivity contribution in [3.63, 3.8) is 0 Å². The monoisotopic (exact) mass is 237 g/mol. The van der Waals surface area contributed by atoms with Crippen LogP contribution >= 0.6 is 0 Å². The highest BCUT2D eigenvalue weighted by molar-refractivity contribution is 5.55. The third kappa shape index (κ3) is 2.78. The van der Waals surface area contributed by atoms with Gasteiger partial charge in [-0.15, -0.1) is 0 Å². The topological polar surface area (TPSA) is 23.5 Å². The molecule has 3 heteroatoms. The van der Waals surface area contributed by atoms with E-state index in [1.165, 1.54) is 18.9 Å². The van der Waals surface area contributed by atoms with Crippen molar-refractivity contribution < 1.29 is 9.50 Å². The molecular weight excluding hydrogens is 217 g/mol. The molecule has 1 saturated heterocycles. The van der Waals surface area contributed by atoms with Crippen LogP contribution in [-0.2, 0) is 0 Å². The average Bonchev–Trinajstić information content (AvgIpc) is 2.57. The van der Waals surface area contributed by atoms with E-state index in [4.69, 9.17) is 0 Å². The molecule has 0 spiro atoms. The Morgan fingerprint density at radius 2 is 1.82 bits per heavy atom. The maximum Gasteiger partial charge on any atom is 0.146 e. The number of rotatable bonds is 2. The maximum atomic E-state index is 14.0. The zero-order chi connectivity index (χ0) is 12.3. The minimum absolute atomic E-state index is 0.217. The number of hydrogen-bond acceptors (Lipinski definition) is 2. The van der Waals surface area contributed by atoms with Crippen LogP contribution in [0.2, 0.25) is 0 Å². The Kier molecular flexibility index (Phi) is 4.00. The molecule has 0 saturated carbocycles. The number of benzene rings is 1. The van der Waals surface area contributed by atoms with Gasteiger partial charge in [0.1, 0.15) is 5.82 Å². The summed E-state index contributed by atoms with van der Waals surface area (Å²) in [5.41, 5.74) is 1.30. The molecule has 0 radical (unpaired) electrons. The summed E-state index contributed by atoms with van der Waals surface area (Å²) in [7, 11) is 0. The van der Waals surface area contributed by atoms with Gasteiger partial charge in [0.25, 0.3) is 0 Å². The number of para-hydroxylation sites is 1. The van der Waals surface area contributed by atoms with E-state index in [0.29, 0.717) is 11.3 Å². The molecule has 1 N–H and O–H groups in total. The number of halogens is 1. The second-order valence-electron chi connectivity index (χ2n) is 4.75. The summed E-state index contributed by atoms with van der Waals surface area (Å²) in [6, 6.07) is 4.96. The quantitative estimate of drug-likeness (QED) is 0.853. The Balaban J connectivity index is 2.34. The van der Waals surface area contributed by atoms with Crippen LogP contribution in [0.1, 0.15) is 44.3 Å². The van der Waals surface area contributed by atoms with Gasteiger partial charge in [0.15, 0.2) is 0 Å². The van der Waals surface area contributed by atoms with Crippen molar-refractivity contribution in [2.75, 3.05) is 18.0 Å². The van der Waals surface area contributed by atoms with Crippen molar-refractivity contribution in [2.45, 2.75) is 38.7 Å². The molecule has 1 atom stereocenters. The smallest absolute Gasteiger partial charge is 0.146 e. The van der Waals surface area contributed by atoms with Crippen molar-refractivity contribution in [3.8, 4) is 0 Å².